The number of ketones is 1. The van der Waals surface area contributed by atoms with Crippen LogP contribution < -0.4 is 4.74 Å². The summed E-state index contributed by atoms with van der Waals surface area (Å²) in [5, 5.41) is 0. The van der Waals surface area contributed by atoms with Gasteiger partial charge in [0.05, 0.1) is 6.61 Å². The smallest absolute Gasteiger partial charge is 0.300 e. The summed E-state index contributed by atoms with van der Waals surface area (Å²) in [6, 6.07) is 4.41. The highest BCUT2D eigenvalue weighted by molar-refractivity contribution is 5.98. The van der Waals surface area contributed by atoms with Crippen molar-refractivity contribution >= 4 is 5.78 Å². The Morgan fingerprint density at radius 2 is 2.06 bits per heavy atom. The van der Waals surface area contributed by atoms with E-state index >= 15 is 0 Å². The Bertz CT molecular complexity index is 375. The molecule has 0 amide bonds. The molecule has 1 rings (SSSR count). The van der Waals surface area contributed by atoms with Crippen LogP contribution in [0.5, 0.6) is 5.75 Å². The average Bonchev–Trinajstić information content (AvgIpc) is 2.29. The first-order valence-electron chi connectivity index (χ1n) is 5.18. The van der Waals surface area contributed by atoms with Crippen molar-refractivity contribution in [1.29, 1.82) is 0 Å². The minimum absolute atomic E-state index is 0.0373. The van der Waals surface area contributed by atoms with Gasteiger partial charge in [0.15, 0.2) is 0 Å². The number of carbonyl (C=O) groups excluding carboxylic acids is 1. The number of benzene rings is 1. The molecule has 0 heterocycles. The molecule has 0 N–H and O–H groups in total. The van der Waals surface area contributed by atoms with Crippen LogP contribution in [-0.2, 0) is 6.42 Å². The zero-order valence-corrected chi connectivity index (χ0v) is 9.30. The summed E-state index contributed by atoms with van der Waals surface area (Å²) in [7, 11) is 0. The van der Waals surface area contributed by atoms with Gasteiger partial charge < -0.3 is 4.74 Å². The summed E-state index contributed by atoms with van der Waals surface area (Å²) in [5.41, 5.74) is 0.809. The summed E-state index contributed by atoms with van der Waals surface area (Å²) in [6.07, 6.45) is -2.32. The first-order chi connectivity index (χ1) is 7.60. The molecule has 1 aromatic carbocycles. The molecular formula is C12H14F2O2. The molecule has 0 saturated heterocycles. The van der Waals surface area contributed by atoms with Gasteiger partial charge in [0.2, 0.25) is 5.78 Å². The standard InChI is InChI=1S/C12H14F2O2/c1-3-8-7-9(11(15)12(13)14)5-6-10(8)16-4-2/h5-7,12H,3-4H2,1-2H3. The molecule has 1 aromatic rings. The third-order valence-corrected chi connectivity index (χ3v) is 2.22. The molecule has 0 atom stereocenters. The lowest BCUT2D eigenvalue weighted by Gasteiger charge is -2.10. The van der Waals surface area contributed by atoms with Gasteiger partial charge >= 0.3 is 6.43 Å². The van der Waals surface area contributed by atoms with E-state index in [1.54, 1.807) is 6.07 Å². The van der Waals surface area contributed by atoms with Crippen molar-refractivity contribution in [2.75, 3.05) is 6.61 Å². The van der Waals surface area contributed by atoms with Crippen molar-refractivity contribution in [2.24, 2.45) is 0 Å². The fourth-order valence-electron chi connectivity index (χ4n) is 1.43. The molecule has 0 aliphatic rings. The Balaban J connectivity index is 3.03. The fourth-order valence-corrected chi connectivity index (χ4v) is 1.43. The molecule has 0 unspecified atom stereocenters. The summed E-state index contributed by atoms with van der Waals surface area (Å²) in [6.45, 7) is 4.24. The Kier molecular flexibility index (Phi) is 4.40. The van der Waals surface area contributed by atoms with E-state index < -0.39 is 12.2 Å². The van der Waals surface area contributed by atoms with E-state index in [1.807, 2.05) is 13.8 Å². The Labute approximate surface area is 93.2 Å². The van der Waals surface area contributed by atoms with E-state index in [9.17, 15) is 13.6 Å². The number of rotatable bonds is 5. The monoisotopic (exact) mass is 228 g/mol. The first kappa shape index (κ1) is 12.6. The minimum Gasteiger partial charge on any atom is -0.494 e. The number of ether oxygens (including phenoxy) is 1. The highest BCUT2D eigenvalue weighted by Gasteiger charge is 2.18. The molecule has 16 heavy (non-hydrogen) atoms. The zero-order valence-electron chi connectivity index (χ0n) is 9.30. The number of carbonyl (C=O) groups is 1. The molecule has 0 saturated carbocycles. The molecule has 0 radical (unpaired) electrons. The maximum atomic E-state index is 12.2. The number of Topliss-reactive ketones (excluding diaryl/α,β-unsaturated/α-hetero) is 1. The summed E-state index contributed by atoms with van der Waals surface area (Å²) in [5.74, 6) is -0.492. The number of aryl methyl sites for hydroxylation is 1. The largest absolute Gasteiger partial charge is 0.494 e. The van der Waals surface area contributed by atoms with E-state index in [-0.39, 0.29) is 5.56 Å². The third kappa shape index (κ3) is 2.78. The Morgan fingerprint density at radius 1 is 1.38 bits per heavy atom. The zero-order chi connectivity index (χ0) is 12.1. The van der Waals surface area contributed by atoms with Crippen LogP contribution in [0.3, 0.4) is 0 Å². The predicted octanol–water partition coefficient (Wildman–Crippen LogP) is 3.10. The average molecular weight is 228 g/mol. The van der Waals surface area contributed by atoms with Gasteiger partial charge in [0, 0.05) is 5.56 Å². The lowest BCUT2D eigenvalue weighted by Crippen LogP contribution is -2.10. The van der Waals surface area contributed by atoms with Crippen LogP contribution >= 0.6 is 0 Å². The van der Waals surface area contributed by atoms with Gasteiger partial charge in [-0.25, -0.2) is 8.78 Å². The second-order valence-corrected chi connectivity index (χ2v) is 3.27. The van der Waals surface area contributed by atoms with E-state index in [1.165, 1.54) is 12.1 Å². The van der Waals surface area contributed by atoms with E-state index in [4.69, 9.17) is 4.74 Å². The van der Waals surface area contributed by atoms with Crippen LogP contribution in [0.1, 0.15) is 29.8 Å². The van der Waals surface area contributed by atoms with Crippen molar-refractivity contribution in [3.05, 3.63) is 29.3 Å². The number of halogens is 2. The molecule has 88 valence electrons. The maximum absolute atomic E-state index is 12.2. The van der Waals surface area contributed by atoms with E-state index in [0.717, 1.165) is 5.56 Å². The molecule has 0 fully saturated rings. The summed E-state index contributed by atoms with van der Waals surface area (Å²) < 4.78 is 29.8. The van der Waals surface area contributed by atoms with Crippen LogP contribution in [0.15, 0.2) is 18.2 Å². The van der Waals surface area contributed by atoms with Crippen LogP contribution in [0.2, 0.25) is 0 Å². The van der Waals surface area contributed by atoms with E-state index in [2.05, 4.69) is 0 Å². The van der Waals surface area contributed by atoms with Crippen molar-refractivity contribution in [3.8, 4) is 5.75 Å². The van der Waals surface area contributed by atoms with Gasteiger partial charge in [0.1, 0.15) is 5.75 Å². The highest BCUT2D eigenvalue weighted by Crippen LogP contribution is 2.22. The SMILES string of the molecule is CCOc1ccc(C(=O)C(F)F)cc1CC. The molecule has 2 nitrogen and oxygen atoms in total. The Morgan fingerprint density at radius 3 is 2.56 bits per heavy atom. The normalized spacial score (nSPS) is 10.6. The molecule has 0 bridgehead atoms. The first-order valence-corrected chi connectivity index (χ1v) is 5.18. The quantitative estimate of drug-likeness (QED) is 0.724. The summed E-state index contributed by atoms with van der Waals surface area (Å²) in [4.78, 5) is 11.1. The van der Waals surface area contributed by atoms with Crippen LogP contribution in [0.4, 0.5) is 8.78 Å². The molecule has 4 heteroatoms. The molecular weight excluding hydrogens is 214 g/mol. The number of hydrogen-bond acceptors (Lipinski definition) is 2. The summed E-state index contributed by atoms with van der Waals surface area (Å²) >= 11 is 0. The van der Waals surface area contributed by atoms with Gasteiger partial charge in [-0.15, -0.1) is 0 Å². The van der Waals surface area contributed by atoms with Crippen LogP contribution in [-0.4, -0.2) is 18.8 Å². The van der Waals surface area contributed by atoms with Gasteiger partial charge in [-0.1, -0.05) is 6.92 Å². The lowest BCUT2D eigenvalue weighted by atomic mass is 10.0. The third-order valence-electron chi connectivity index (χ3n) is 2.22. The van der Waals surface area contributed by atoms with Crippen LogP contribution in [0.25, 0.3) is 0 Å². The molecule has 0 aliphatic heterocycles. The van der Waals surface area contributed by atoms with Gasteiger partial charge in [-0.05, 0) is 37.1 Å². The Hall–Kier alpha value is -1.45. The van der Waals surface area contributed by atoms with Crippen molar-refractivity contribution in [3.63, 3.8) is 0 Å². The second kappa shape index (κ2) is 5.58. The van der Waals surface area contributed by atoms with Gasteiger partial charge in [-0.2, -0.15) is 0 Å². The maximum Gasteiger partial charge on any atom is 0.300 e. The highest BCUT2D eigenvalue weighted by atomic mass is 19.3. The topological polar surface area (TPSA) is 26.3 Å². The predicted molar refractivity (Wildman–Crippen MR) is 57.3 cm³/mol. The number of alkyl halides is 2. The van der Waals surface area contributed by atoms with Crippen molar-refractivity contribution in [2.45, 2.75) is 26.7 Å². The van der Waals surface area contributed by atoms with Gasteiger partial charge in [-0.3, -0.25) is 4.79 Å². The van der Waals surface area contributed by atoms with Gasteiger partial charge in [0.25, 0.3) is 0 Å². The fraction of sp³-hybridized carbons (Fsp3) is 0.417. The minimum atomic E-state index is -2.96. The van der Waals surface area contributed by atoms with Crippen LogP contribution in [0, 0.1) is 0 Å². The molecule has 0 aliphatic carbocycles. The van der Waals surface area contributed by atoms with E-state index in [0.29, 0.717) is 18.8 Å². The number of hydrogen-bond donors (Lipinski definition) is 0. The second-order valence-electron chi connectivity index (χ2n) is 3.27. The molecule has 0 spiro atoms. The van der Waals surface area contributed by atoms with Crippen molar-refractivity contribution in [1.82, 2.24) is 0 Å². The van der Waals surface area contributed by atoms with Crippen molar-refractivity contribution < 1.29 is 18.3 Å². The molecule has 0 aromatic heterocycles. The lowest BCUT2D eigenvalue weighted by molar-refractivity contribution is 0.0678.